The Kier molecular flexibility index (Phi) is 5.36. The van der Waals surface area contributed by atoms with Gasteiger partial charge in [-0.05, 0) is 36.6 Å². The first-order valence-corrected chi connectivity index (χ1v) is 11.9. The van der Waals surface area contributed by atoms with E-state index in [2.05, 4.69) is 10.3 Å². The number of carbonyl (C=O) groups excluding carboxylic acids is 1. The van der Waals surface area contributed by atoms with E-state index in [1.807, 2.05) is 24.4 Å². The lowest BCUT2D eigenvalue weighted by molar-refractivity contribution is -0.118. The molecule has 11 heteroatoms. The number of aryl methyl sites for hydroxylation is 1. The molecule has 0 aliphatic heterocycles. The van der Waals surface area contributed by atoms with Gasteiger partial charge >= 0.3 is 0 Å². The molecule has 2 heterocycles. The van der Waals surface area contributed by atoms with Crippen molar-refractivity contribution in [2.45, 2.75) is 11.8 Å². The molecular weight excluding hydrogens is 446 g/mol. The van der Waals surface area contributed by atoms with E-state index in [9.17, 15) is 13.2 Å². The Labute approximate surface area is 180 Å². The highest BCUT2D eigenvalue weighted by atomic mass is 32.2. The van der Waals surface area contributed by atoms with Gasteiger partial charge in [0.2, 0.25) is 10.0 Å². The molecule has 156 valence electrons. The van der Waals surface area contributed by atoms with Crippen molar-refractivity contribution in [2.24, 2.45) is 5.14 Å². The van der Waals surface area contributed by atoms with Crippen LogP contribution >= 0.6 is 22.7 Å². The van der Waals surface area contributed by atoms with Gasteiger partial charge in [0.05, 0.1) is 37.6 Å². The molecule has 1 amide bonds. The maximum atomic E-state index is 12.5. The van der Waals surface area contributed by atoms with Crippen molar-refractivity contribution < 1.29 is 22.7 Å². The summed E-state index contributed by atoms with van der Waals surface area (Å²) in [5, 5.41) is 11.6. The average molecular weight is 464 g/mol. The van der Waals surface area contributed by atoms with Gasteiger partial charge in [0.1, 0.15) is 11.5 Å². The van der Waals surface area contributed by atoms with E-state index in [4.69, 9.17) is 14.6 Å². The smallest absolute Gasteiger partial charge is 0.262 e. The first kappa shape index (κ1) is 20.5. The third-order valence-electron chi connectivity index (χ3n) is 4.30. The van der Waals surface area contributed by atoms with Crippen LogP contribution in [0.5, 0.6) is 11.5 Å². The molecule has 2 aromatic carbocycles. The fourth-order valence-corrected chi connectivity index (χ4v) is 5.37. The largest absolute Gasteiger partial charge is 0.495 e. The summed E-state index contributed by atoms with van der Waals surface area (Å²) >= 11 is 3.13. The summed E-state index contributed by atoms with van der Waals surface area (Å²) in [5.41, 5.74) is 1.12. The zero-order chi connectivity index (χ0) is 21.5. The number of primary sulfonamides is 1. The molecule has 0 saturated carbocycles. The normalized spacial score (nSPS) is 11.7. The zero-order valence-corrected chi connectivity index (χ0v) is 18.4. The molecule has 0 aliphatic rings. The molecule has 4 aromatic rings. The van der Waals surface area contributed by atoms with Crippen molar-refractivity contribution in [2.75, 3.05) is 19.0 Å². The van der Waals surface area contributed by atoms with Crippen molar-refractivity contribution in [3.8, 4) is 11.5 Å². The third kappa shape index (κ3) is 3.97. The van der Waals surface area contributed by atoms with Crippen molar-refractivity contribution in [3.63, 3.8) is 0 Å². The number of benzene rings is 2. The molecule has 0 radical (unpaired) electrons. The van der Waals surface area contributed by atoms with Crippen molar-refractivity contribution >= 4 is 64.6 Å². The van der Waals surface area contributed by atoms with Crippen LogP contribution in [0.2, 0.25) is 0 Å². The quantitative estimate of drug-likeness (QED) is 0.452. The molecule has 0 saturated heterocycles. The van der Waals surface area contributed by atoms with Crippen LogP contribution in [0.25, 0.3) is 20.3 Å². The molecule has 0 aliphatic carbocycles. The Morgan fingerprint density at radius 3 is 2.77 bits per heavy atom. The molecule has 8 nitrogen and oxygen atoms in total. The van der Waals surface area contributed by atoms with Gasteiger partial charge in [0.15, 0.2) is 6.61 Å². The summed E-state index contributed by atoms with van der Waals surface area (Å²) in [7, 11) is -2.51. The van der Waals surface area contributed by atoms with Crippen molar-refractivity contribution in [1.82, 2.24) is 4.98 Å². The second kappa shape index (κ2) is 7.84. The van der Waals surface area contributed by atoms with Gasteiger partial charge in [-0.1, -0.05) is 0 Å². The summed E-state index contributed by atoms with van der Waals surface area (Å²) < 4.78 is 36.1. The second-order valence-electron chi connectivity index (χ2n) is 6.36. The molecule has 4 rings (SSSR count). The number of thiazole rings is 1. The number of nitrogens with zero attached hydrogens (tertiary/aromatic N) is 1. The van der Waals surface area contributed by atoms with Crippen LogP contribution in [0, 0.1) is 6.92 Å². The highest BCUT2D eigenvalue weighted by molar-refractivity contribution is 7.89. The molecule has 0 fully saturated rings. The van der Waals surface area contributed by atoms with Crippen LogP contribution in [-0.2, 0) is 14.8 Å². The van der Waals surface area contributed by atoms with E-state index in [0.29, 0.717) is 11.5 Å². The first-order chi connectivity index (χ1) is 14.3. The molecule has 0 unspecified atom stereocenters. The lowest BCUT2D eigenvalue weighted by Crippen LogP contribution is -2.21. The van der Waals surface area contributed by atoms with Gasteiger partial charge in [-0.25, -0.2) is 18.5 Å². The molecule has 3 N–H and O–H groups in total. The number of hydrogen-bond acceptors (Lipinski definition) is 8. The van der Waals surface area contributed by atoms with E-state index in [1.165, 1.54) is 25.3 Å². The summed E-state index contributed by atoms with van der Waals surface area (Å²) in [5.74, 6) is 0.421. The van der Waals surface area contributed by atoms with Gasteiger partial charge in [-0.3, -0.25) is 4.79 Å². The van der Waals surface area contributed by atoms with Crippen LogP contribution in [0.4, 0.5) is 5.69 Å². The average Bonchev–Trinajstić information content (AvgIpc) is 3.31. The maximum absolute atomic E-state index is 12.5. The highest BCUT2D eigenvalue weighted by Crippen LogP contribution is 2.38. The Morgan fingerprint density at radius 2 is 2.03 bits per heavy atom. The maximum Gasteiger partial charge on any atom is 0.262 e. The van der Waals surface area contributed by atoms with Crippen LogP contribution in [-0.4, -0.2) is 33.0 Å². The minimum absolute atomic E-state index is 0.134. The van der Waals surface area contributed by atoms with Crippen molar-refractivity contribution in [3.05, 3.63) is 40.7 Å². The number of thiophene rings is 1. The standard InChI is InChI=1S/C19H17N3O5S3/c1-10-21-18-16(29-10)8-15(12-5-6-28-19(12)18)27-9-17(23)22-13-7-11(30(20,24)25)3-4-14(13)26-2/h3-8H,9H2,1-2H3,(H,22,23)(H2,20,24,25). The molecule has 0 spiro atoms. The van der Waals surface area contributed by atoms with Crippen LogP contribution in [0.3, 0.4) is 0 Å². The predicted molar refractivity (Wildman–Crippen MR) is 118 cm³/mol. The number of hydrogen-bond donors (Lipinski definition) is 2. The Morgan fingerprint density at radius 1 is 1.23 bits per heavy atom. The van der Waals surface area contributed by atoms with E-state index < -0.39 is 15.9 Å². The number of anilines is 1. The fourth-order valence-electron chi connectivity index (χ4n) is 3.00. The topological polar surface area (TPSA) is 121 Å². The van der Waals surface area contributed by atoms with Gasteiger partial charge < -0.3 is 14.8 Å². The van der Waals surface area contributed by atoms with Gasteiger partial charge in [-0.2, -0.15) is 0 Å². The van der Waals surface area contributed by atoms with E-state index in [1.54, 1.807) is 22.7 Å². The van der Waals surface area contributed by atoms with Crippen molar-refractivity contribution in [1.29, 1.82) is 0 Å². The highest BCUT2D eigenvalue weighted by Gasteiger charge is 2.16. The number of nitrogens with one attached hydrogen (secondary N) is 1. The number of methoxy groups -OCH3 is 1. The summed E-state index contributed by atoms with van der Waals surface area (Å²) in [6.07, 6.45) is 0. The number of carbonyl (C=O) groups is 1. The number of rotatable bonds is 6. The summed E-state index contributed by atoms with van der Waals surface area (Å²) in [4.78, 5) is 16.9. The lowest BCUT2D eigenvalue weighted by Gasteiger charge is -2.12. The molecule has 2 aromatic heterocycles. The Bertz CT molecular complexity index is 1380. The zero-order valence-electron chi connectivity index (χ0n) is 16.0. The van der Waals surface area contributed by atoms with E-state index >= 15 is 0 Å². The Balaban J connectivity index is 1.56. The minimum Gasteiger partial charge on any atom is -0.495 e. The number of fused-ring (bicyclic) bond motifs is 3. The van der Waals surface area contributed by atoms with E-state index in [-0.39, 0.29) is 17.2 Å². The van der Waals surface area contributed by atoms with Gasteiger partial charge in [-0.15, -0.1) is 22.7 Å². The lowest BCUT2D eigenvalue weighted by atomic mass is 10.2. The van der Waals surface area contributed by atoms with Gasteiger partial charge in [0, 0.05) is 11.5 Å². The molecule has 30 heavy (non-hydrogen) atoms. The first-order valence-electron chi connectivity index (χ1n) is 8.67. The number of nitrogens with two attached hydrogens (primary N) is 1. The minimum atomic E-state index is -3.92. The molecular formula is C19H17N3O5S3. The number of ether oxygens (including phenoxy) is 2. The predicted octanol–water partition coefficient (Wildman–Crippen LogP) is 3.49. The monoisotopic (exact) mass is 463 g/mol. The number of sulfonamides is 1. The number of aromatic nitrogens is 1. The Hall–Kier alpha value is -2.73. The molecule has 0 bridgehead atoms. The second-order valence-corrected chi connectivity index (χ2v) is 10.1. The van der Waals surface area contributed by atoms with Gasteiger partial charge in [0.25, 0.3) is 5.91 Å². The fraction of sp³-hybridized carbons (Fsp3) is 0.158. The molecule has 0 atom stereocenters. The van der Waals surface area contributed by atoms with Crippen LogP contribution in [0.15, 0.2) is 40.6 Å². The van der Waals surface area contributed by atoms with Crippen LogP contribution in [0.1, 0.15) is 5.01 Å². The third-order valence-corrected chi connectivity index (χ3v) is 7.05. The SMILES string of the molecule is COc1ccc(S(N)(=O)=O)cc1NC(=O)COc1cc2sc(C)nc2c2sccc12. The van der Waals surface area contributed by atoms with E-state index in [0.717, 1.165) is 25.3 Å². The summed E-state index contributed by atoms with van der Waals surface area (Å²) in [6, 6.07) is 7.78. The van der Waals surface area contributed by atoms with Crippen LogP contribution < -0.4 is 19.9 Å². The number of amides is 1. The summed E-state index contributed by atoms with van der Waals surface area (Å²) in [6.45, 7) is 1.68.